The van der Waals surface area contributed by atoms with Crippen molar-refractivity contribution >= 4 is 5.71 Å². The van der Waals surface area contributed by atoms with Crippen LogP contribution in [0, 0.1) is 5.41 Å². The topological polar surface area (TPSA) is 44.1 Å². The van der Waals surface area contributed by atoms with Gasteiger partial charge in [0.25, 0.3) is 0 Å². The van der Waals surface area contributed by atoms with Crippen molar-refractivity contribution < 1.29 is 5.11 Å². The molecule has 1 aliphatic rings. The molecule has 2 heteroatoms. The molecule has 2 rings (SSSR count). The highest BCUT2D eigenvalue weighted by molar-refractivity contribution is 6.02. The van der Waals surface area contributed by atoms with Crippen LogP contribution in [0.25, 0.3) is 0 Å². The lowest BCUT2D eigenvalue weighted by molar-refractivity contribution is 0.474. The van der Waals surface area contributed by atoms with E-state index in [0.717, 1.165) is 24.0 Å². The molecule has 1 aliphatic carbocycles. The van der Waals surface area contributed by atoms with Gasteiger partial charge in [-0.2, -0.15) is 0 Å². The lowest BCUT2D eigenvalue weighted by Crippen LogP contribution is -1.89. The van der Waals surface area contributed by atoms with Crippen molar-refractivity contribution in [3.05, 3.63) is 29.3 Å². The smallest absolute Gasteiger partial charge is 0.115 e. The Labute approximate surface area is 65.0 Å². The summed E-state index contributed by atoms with van der Waals surface area (Å²) in [5, 5.41) is 16.6. The van der Waals surface area contributed by atoms with Crippen LogP contribution >= 0.6 is 0 Å². The zero-order chi connectivity index (χ0) is 7.84. The quantitative estimate of drug-likeness (QED) is 0.576. The van der Waals surface area contributed by atoms with E-state index in [9.17, 15) is 0 Å². The van der Waals surface area contributed by atoms with Crippen LogP contribution in [-0.2, 0) is 6.42 Å². The second-order valence-corrected chi connectivity index (χ2v) is 2.82. The summed E-state index contributed by atoms with van der Waals surface area (Å²) in [6.07, 6.45) is 1.72. The average molecular weight is 147 g/mol. The lowest BCUT2D eigenvalue weighted by atomic mass is 10.1. The van der Waals surface area contributed by atoms with Gasteiger partial charge in [-0.25, -0.2) is 0 Å². The molecule has 56 valence electrons. The Kier molecular flexibility index (Phi) is 1.22. The summed E-state index contributed by atoms with van der Waals surface area (Å²) in [5.74, 6) is 0.304. The summed E-state index contributed by atoms with van der Waals surface area (Å²) in [7, 11) is 0. The van der Waals surface area contributed by atoms with Crippen LogP contribution in [-0.4, -0.2) is 10.8 Å². The van der Waals surface area contributed by atoms with Crippen molar-refractivity contribution in [1.82, 2.24) is 0 Å². The van der Waals surface area contributed by atoms with Crippen molar-refractivity contribution in [3.8, 4) is 5.75 Å². The first-order valence-electron chi connectivity index (χ1n) is 3.67. The lowest BCUT2D eigenvalue weighted by Gasteiger charge is -1.97. The highest BCUT2D eigenvalue weighted by Gasteiger charge is 2.15. The summed E-state index contributed by atoms with van der Waals surface area (Å²) < 4.78 is 0. The molecule has 0 heterocycles. The molecule has 0 saturated heterocycles. The third-order valence-electron chi connectivity index (χ3n) is 2.06. The predicted molar refractivity (Wildman–Crippen MR) is 43.3 cm³/mol. The third-order valence-corrected chi connectivity index (χ3v) is 2.06. The summed E-state index contributed by atoms with van der Waals surface area (Å²) in [4.78, 5) is 0. The zero-order valence-electron chi connectivity index (χ0n) is 6.09. The number of benzene rings is 1. The normalized spacial score (nSPS) is 15.1. The van der Waals surface area contributed by atoms with E-state index in [1.165, 1.54) is 0 Å². The fourth-order valence-electron chi connectivity index (χ4n) is 1.48. The van der Waals surface area contributed by atoms with Gasteiger partial charge in [-0.15, -0.1) is 0 Å². The maximum Gasteiger partial charge on any atom is 0.115 e. The molecule has 0 unspecified atom stereocenters. The van der Waals surface area contributed by atoms with Crippen LogP contribution in [0.15, 0.2) is 18.2 Å². The highest BCUT2D eigenvalue weighted by atomic mass is 16.3. The van der Waals surface area contributed by atoms with Gasteiger partial charge in [-0.3, -0.25) is 0 Å². The predicted octanol–water partition coefficient (Wildman–Crippen LogP) is 1.71. The minimum atomic E-state index is 0.304. The Bertz CT molecular complexity index is 317. The van der Waals surface area contributed by atoms with Crippen molar-refractivity contribution in [1.29, 1.82) is 5.41 Å². The summed E-state index contributed by atoms with van der Waals surface area (Å²) >= 11 is 0. The van der Waals surface area contributed by atoms with E-state index in [-0.39, 0.29) is 0 Å². The molecule has 1 aromatic rings. The largest absolute Gasteiger partial charge is 0.508 e. The first-order valence-corrected chi connectivity index (χ1v) is 3.67. The minimum Gasteiger partial charge on any atom is -0.508 e. The molecule has 11 heavy (non-hydrogen) atoms. The number of fused-ring (bicyclic) bond motifs is 1. The average Bonchev–Trinajstić information content (AvgIpc) is 2.32. The number of nitrogens with one attached hydrogen (secondary N) is 1. The maximum absolute atomic E-state index is 9.11. The van der Waals surface area contributed by atoms with Gasteiger partial charge >= 0.3 is 0 Å². The van der Waals surface area contributed by atoms with E-state index in [1.807, 2.05) is 6.07 Å². The van der Waals surface area contributed by atoms with Crippen LogP contribution in [0.4, 0.5) is 0 Å². The zero-order valence-corrected chi connectivity index (χ0v) is 6.09. The Balaban J connectivity index is 2.59. The first-order chi connectivity index (χ1) is 5.27. The number of phenolic OH excluding ortho intramolecular Hbond substituents is 1. The van der Waals surface area contributed by atoms with Gasteiger partial charge in [-0.1, -0.05) is 0 Å². The summed E-state index contributed by atoms with van der Waals surface area (Å²) in [6, 6.07) is 5.20. The van der Waals surface area contributed by atoms with Crippen molar-refractivity contribution in [2.24, 2.45) is 0 Å². The second kappa shape index (κ2) is 2.09. The Hall–Kier alpha value is -1.31. The van der Waals surface area contributed by atoms with E-state index in [1.54, 1.807) is 12.1 Å². The maximum atomic E-state index is 9.11. The SMILES string of the molecule is N=C1CCc2cc(O)ccc21. The monoisotopic (exact) mass is 147 g/mol. The van der Waals surface area contributed by atoms with E-state index in [0.29, 0.717) is 11.5 Å². The van der Waals surface area contributed by atoms with Gasteiger partial charge in [0.2, 0.25) is 0 Å². The minimum absolute atomic E-state index is 0.304. The van der Waals surface area contributed by atoms with Gasteiger partial charge in [-0.05, 0) is 42.2 Å². The molecule has 0 bridgehead atoms. The Morgan fingerprint density at radius 1 is 1.27 bits per heavy atom. The molecule has 0 radical (unpaired) electrons. The molecule has 0 spiro atoms. The molecule has 0 aliphatic heterocycles. The van der Waals surface area contributed by atoms with Gasteiger partial charge in [0.15, 0.2) is 0 Å². The van der Waals surface area contributed by atoms with Gasteiger partial charge < -0.3 is 10.5 Å². The molecule has 1 aromatic carbocycles. The van der Waals surface area contributed by atoms with Crippen LogP contribution in [0.3, 0.4) is 0 Å². The van der Waals surface area contributed by atoms with E-state index in [2.05, 4.69) is 0 Å². The molecular formula is C9H9NO. The van der Waals surface area contributed by atoms with Crippen molar-refractivity contribution in [2.45, 2.75) is 12.8 Å². The number of hydrogen-bond acceptors (Lipinski definition) is 2. The Morgan fingerprint density at radius 2 is 2.09 bits per heavy atom. The molecular weight excluding hydrogens is 138 g/mol. The van der Waals surface area contributed by atoms with Crippen LogP contribution in [0.5, 0.6) is 5.75 Å². The number of aromatic hydroxyl groups is 1. The van der Waals surface area contributed by atoms with Gasteiger partial charge in [0.05, 0.1) is 0 Å². The summed E-state index contributed by atoms with van der Waals surface area (Å²) in [5.41, 5.74) is 2.80. The van der Waals surface area contributed by atoms with Crippen molar-refractivity contribution in [3.63, 3.8) is 0 Å². The van der Waals surface area contributed by atoms with Crippen LogP contribution in [0.2, 0.25) is 0 Å². The first kappa shape index (κ1) is 6.40. The van der Waals surface area contributed by atoms with E-state index < -0.39 is 0 Å². The molecule has 2 nitrogen and oxygen atoms in total. The van der Waals surface area contributed by atoms with Crippen LogP contribution < -0.4 is 0 Å². The van der Waals surface area contributed by atoms with E-state index in [4.69, 9.17) is 10.5 Å². The molecule has 0 amide bonds. The van der Waals surface area contributed by atoms with Crippen LogP contribution in [0.1, 0.15) is 17.5 Å². The fourth-order valence-corrected chi connectivity index (χ4v) is 1.48. The highest BCUT2D eigenvalue weighted by Crippen LogP contribution is 2.24. The van der Waals surface area contributed by atoms with Crippen molar-refractivity contribution in [2.75, 3.05) is 0 Å². The molecule has 0 saturated carbocycles. The summed E-state index contributed by atoms with van der Waals surface area (Å²) in [6.45, 7) is 0. The third kappa shape index (κ3) is 0.909. The Morgan fingerprint density at radius 3 is 2.91 bits per heavy atom. The number of hydrogen-bond donors (Lipinski definition) is 2. The number of phenols is 1. The standard InChI is InChI=1S/C9H9NO/c10-9-4-1-6-5-7(11)2-3-8(6)9/h2-3,5,10-11H,1,4H2. The number of rotatable bonds is 0. The molecule has 0 aromatic heterocycles. The van der Waals surface area contributed by atoms with Gasteiger partial charge in [0.1, 0.15) is 5.75 Å². The molecule has 2 N–H and O–H groups in total. The molecule has 0 atom stereocenters. The fraction of sp³-hybridized carbons (Fsp3) is 0.222. The van der Waals surface area contributed by atoms with E-state index >= 15 is 0 Å². The molecule has 0 fully saturated rings. The number of aryl methyl sites for hydroxylation is 1. The van der Waals surface area contributed by atoms with Gasteiger partial charge in [0, 0.05) is 5.71 Å². The second-order valence-electron chi connectivity index (χ2n) is 2.82.